The number of benzene rings is 1. The third-order valence-corrected chi connectivity index (χ3v) is 6.38. The molecule has 1 saturated heterocycles. The van der Waals surface area contributed by atoms with Crippen molar-refractivity contribution in [2.24, 2.45) is 5.73 Å². The fourth-order valence-corrected chi connectivity index (χ4v) is 4.45. The lowest BCUT2D eigenvalue weighted by Crippen LogP contribution is -2.44. The lowest BCUT2D eigenvalue weighted by atomic mass is 10.2. The van der Waals surface area contributed by atoms with Crippen LogP contribution in [0, 0.1) is 0 Å². The van der Waals surface area contributed by atoms with E-state index in [4.69, 9.17) is 17.3 Å². The van der Waals surface area contributed by atoms with E-state index in [1.54, 1.807) is 12.1 Å². The Bertz CT molecular complexity index is 1070. The Balaban J connectivity index is 2.00. The molecule has 3 N–H and O–H groups in total. The molecule has 0 aliphatic carbocycles. The molecule has 1 aromatic heterocycles. The minimum absolute atomic E-state index is 0.0553. The van der Waals surface area contributed by atoms with Crippen LogP contribution in [0.1, 0.15) is 23.1 Å². The molecule has 11 heteroatoms. The van der Waals surface area contributed by atoms with E-state index in [1.807, 2.05) is 14.0 Å². The number of nitrogens with one attached hydrogen (secondary N) is 1. The summed E-state index contributed by atoms with van der Waals surface area (Å²) in [6.07, 6.45) is 1.66. The summed E-state index contributed by atoms with van der Waals surface area (Å²) in [4.78, 5) is 24.7. The van der Waals surface area contributed by atoms with E-state index in [2.05, 4.69) is 25.1 Å². The first-order valence-electron chi connectivity index (χ1n) is 9.51. The smallest absolute Gasteiger partial charge is 0.271 e. The van der Waals surface area contributed by atoms with E-state index < -0.39 is 15.7 Å². The molecule has 1 aromatic carbocycles. The van der Waals surface area contributed by atoms with Gasteiger partial charge in [0.2, 0.25) is 0 Å². The van der Waals surface area contributed by atoms with Crippen molar-refractivity contribution in [2.75, 3.05) is 49.7 Å². The van der Waals surface area contributed by atoms with Crippen LogP contribution < -0.4 is 16.0 Å². The normalized spacial score (nSPS) is 15.3. The number of carbonyl (C=O) groups excluding carboxylic acids is 1. The number of halogens is 1. The number of carbonyl (C=O) groups is 1. The van der Waals surface area contributed by atoms with Gasteiger partial charge >= 0.3 is 0 Å². The van der Waals surface area contributed by atoms with Crippen LogP contribution in [-0.4, -0.2) is 68.7 Å². The van der Waals surface area contributed by atoms with Gasteiger partial charge in [-0.15, -0.1) is 0 Å². The van der Waals surface area contributed by atoms with Crippen molar-refractivity contribution in [2.45, 2.75) is 18.2 Å². The van der Waals surface area contributed by atoms with Crippen molar-refractivity contribution >= 4 is 44.5 Å². The van der Waals surface area contributed by atoms with Crippen LogP contribution in [0.4, 0.5) is 17.2 Å². The highest BCUT2D eigenvalue weighted by atomic mass is 35.5. The summed E-state index contributed by atoms with van der Waals surface area (Å²) in [6.45, 7) is 5.00. The number of nitrogens with zero attached hydrogens (tertiary/aromatic N) is 4. The van der Waals surface area contributed by atoms with Gasteiger partial charge in [-0.25, -0.2) is 18.4 Å². The molecule has 2 heterocycles. The third-order valence-electron chi connectivity index (χ3n) is 4.95. The number of anilines is 3. The molecule has 0 saturated carbocycles. The van der Waals surface area contributed by atoms with E-state index in [9.17, 15) is 13.2 Å². The molecular weight excluding hydrogens is 428 g/mol. The molecule has 2 aromatic rings. The Morgan fingerprint density at radius 1 is 1.23 bits per heavy atom. The van der Waals surface area contributed by atoms with Crippen molar-refractivity contribution in [1.82, 2.24) is 14.9 Å². The molecule has 1 aliphatic heterocycles. The number of aromatic nitrogens is 2. The fraction of sp³-hybridized carbons (Fsp3) is 0.421. The minimum Gasteiger partial charge on any atom is -0.368 e. The number of primary amides is 1. The molecule has 0 bridgehead atoms. The third kappa shape index (κ3) is 4.82. The van der Waals surface area contributed by atoms with E-state index in [0.29, 0.717) is 23.5 Å². The monoisotopic (exact) mass is 452 g/mol. The molecule has 30 heavy (non-hydrogen) atoms. The van der Waals surface area contributed by atoms with Crippen LogP contribution in [0.25, 0.3) is 0 Å². The Morgan fingerprint density at radius 2 is 1.90 bits per heavy atom. The van der Waals surface area contributed by atoms with Crippen molar-refractivity contribution in [3.63, 3.8) is 0 Å². The topological polar surface area (TPSA) is 122 Å². The highest BCUT2D eigenvalue weighted by Gasteiger charge is 2.23. The van der Waals surface area contributed by atoms with Crippen molar-refractivity contribution in [3.05, 3.63) is 34.7 Å². The van der Waals surface area contributed by atoms with Crippen LogP contribution in [-0.2, 0) is 16.3 Å². The van der Waals surface area contributed by atoms with Gasteiger partial charge in [-0.3, -0.25) is 4.79 Å². The van der Waals surface area contributed by atoms with Gasteiger partial charge < -0.3 is 20.9 Å². The number of nitrogens with two attached hydrogens (primary N) is 1. The summed E-state index contributed by atoms with van der Waals surface area (Å²) in [5.41, 5.74) is 6.93. The predicted octanol–water partition coefficient (Wildman–Crippen LogP) is 1.69. The second-order valence-electron chi connectivity index (χ2n) is 7.25. The van der Waals surface area contributed by atoms with E-state index in [0.717, 1.165) is 26.2 Å². The van der Waals surface area contributed by atoms with Gasteiger partial charge in [0.05, 0.1) is 16.3 Å². The molecular formula is C19H25ClN6O3S. The zero-order valence-electron chi connectivity index (χ0n) is 17.1. The summed E-state index contributed by atoms with van der Waals surface area (Å²) in [5.74, 6) is -0.676. The standard InChI is InChI=1S/C19H25ClN6O3S/c1-4-13-17(20)24-19(16(23-13)18(21)27)22-12-5-6-14(15(11-12)30(3,28)29)26-9-7-25(2)8-10-26/h5-6,11H,4,7-10H2,1-3H3,(H2,21,27)(H,22,24). The number of hydrogen-bond donors (Lipinski definition) is 2. The Labute approximate surface area is 181 Å². The Kier molecular flexibility index (Phi) is 6.49. The van der Waals surface area contributed by atoms with Gasteiger partial charge in [-0.05, 0) is 31.7 Å². The van der Waals surface area contributed by atoms with Crippen LogP contribution in [0.15, 0.2) is 23.1 Å². The van der Waals surface area contributed by atoms with E-state index in [-0.39, 0.29) is 21.6 Å². The SMILES string of the molecule is CCc1nc(C(N)=O)c(Nc2ccc(N3CCN(C)CC3)c(S(C)(=O)=O)c2)nc1Cl. The Morgan fingerprint density at radius 3 is 2.47 bits per heavy atom. The highest BCUT2D eigenvalue weighted by Crippen LogP contribution is 2.31. The number of hydrogen-bond acceptors (Lipinski definition) is 8. The average Bonchev–Trinajstić information content (AvgIpc) is 2.68. The first-order valence-corrected chi connectivity index (χ1v) is 11.8. The summed E-state index contributed by atoms with van der Waals surface area (Å²) >= 11 is 6.14. The van der Waals surface area contributed by atoms with Gasteiger partial charge in [-0.1, -0.05) is 18.5 Å². The molecule has 0 radical (unpaired) electrons. The lowest BCUT2D eigenvalue weighted by Gasteiger charge is -2.35. The molecule has 0 unspecified atom stereocenters. The molecule has 0 atom stereocenters. The largest absolute Gasteiger partial charge is 0.368 e. The molecule has 1 fully saturated rings. The first-order chi connectivity index (χ1) is 14.1. The second-order valence-corrected chi connectivity index (χ2v) is 9.59. The molecule has 3 rings (SSSR count). The average molecular weight is 453 g/mol. The second kappa shape index (κ2) is 8.75. The number of sulfone groups is 1. The molecule has 0 spiro atoms. The fourth-order valence-electron chi connectivity index (χ4n) is 3.27. The van der Waals surface area contributed by atoms with Gasteiger partial charge in [0.15, 0.2) is 26.5 Å². The van der Waals surface area contributed by atoms with Crippen LogP contribution in [0.5, 0.6) is 0 Å². The number of likely N-dealkylation sites (N-methyl/N-ethyl adjacent to an activating group) is 1. The number of piperazine rings is 1. The molecule has 9 nitrogen and oxygen atoms in total. The highest BCUT2D eigenvalue weighted by molar-refractivity contribution is 7.90. The van der Waals surface area contributed by atoms with Crippen LogP contribution in [0.3, 0.4) is 0 Å². The van der Waals surface area contributed by atoms with Gasteiger partial charge in [0.25, 0.3) is 5.91 Å². The minimum atomic E-state index is -3.51. The number of rotatable bonds is 6. The maximum absolute atomic E-state index is 12.5. The number of amides is 1. The summed E-state index contributed by atoms with van der Waals surface area (Å²) in [5, 5.41) is 3.10. The number of aryl methyl sites for hydroxylation is 1. The van der Waals surface area contributed by atoms with Gasteiger partial charge in [0, 0.05) is 38.1 Å². The Hall–Kier alpha value is -2.43. The lowest BCUT2D eigenvalue weighted by molar-refractivity contribution is 0.0996. The van der Waals surface area contributed by atoms with Crippen LogP contribution >= 0.6 is 11.6 Å². The van der Waals surface area contributed by atoms with E-state index >= 15 is 0 Å². The van der Waals surface area contributed by atoms with E-state index in [1.165, 1.54) is 12.3 Å². The zero-order valence-corrected chi connectivity index (χ0v) is 18.7. The quantitative estimate of drug-likeness (QED) is 0.679. The summed E-state index contributed by atoms with van der Waals surface area (Å²) < 4.78 is 25.0. The van der Waals surface area contributed by atoms with Crippen molar-refractivity contribution in [3.8, 4) is 0 Å². The molecule has 1 amide bonds. The zero-order chi connectivity index (χ0) is 22.1. The maximum Gasteiger partial charge on any atom is 0.271 e. The van der Waals surface area contributed by atoms with Crippen molar-refractivity contribution in [1.29, 1.82) is 0 Å². The van der Waals surface area contributed by atoms with Gasteiger partial charge in [-0.2, -0.15) is 0 Å². The summed E-state index contributed by atoms with van der Waals surface area (Å²) in [6, 6.07) is 5.01. The first kappa shape index (κ1) is 22.3. The predicted molar refractivity (Wildman–Crippen MR) is 117 cm³/mol. The molecule has 1 aliphatic rings. The van der Waals surface area contributed by atoms with Crippen LogP contribution in [0.2, 0.25) is 5.15 Å². The summed E-state index contributed by atoms with van der Waals surface area (Å²) in [7, 11) is -1.47. The van der Waals surface area contributed by atoms with Crippen molar-refractivity contribution < 1.29 is 13.2 Å². The molecule has 162 valence electrons. The maximum atomic E-state index is 12.5. The van der Waals surface area contributed by atoms with Gasteiger partial charge in [0.1, 0.15) is 0 Å².